The number of esters is 1. The second-order valence-corrected chi connectivity index (χ2v) is 10.5. The third-order valence-corrected chi connectivity index (χ3v) is 6.69. The Morgan fingerprint density at radius 3 is 1.38 bits per heavy atom. The molecule has 0 aliphatic rings. The van der Waals surface area contributed by atoms with Crippen LogP contribution in [-0.2, 0) is 9.53 Å². The van der Waals surface area contributed by atoms with Crippen molar-refractivity contribution in [2.75, 3.05) is 27.2 Å². The molecule has 202 valence electrons. The zero-order chi connectivity index (χ0) is 25.0. The molecule has 0 N–H and O–H groups in total. The maximum atomic E-state index is 11.6. The van der Waals surface area contributed by atoms with Gasteiger partial charge in [-0.15, -0.1) is 0 Å². The molecule has 3 heteroatoms. The summed E-state index contributed by atoms with van der Waals surface area (Å²) in [6.07, 6.45) is 35.3. The largest absolute Gasteiger partial charge is 0.464 e. The lowest BCUT2D eigenvalue weighted by Gasteiger charge is -2.09. The minimum Gasteiger partial charge on any atom is -0.464 e. The van der Waals surface area contributed by atoms with Gasteiger partial charge in [-0.1, -0.05) is 128 Å². The van der Waals surface area contributed by atoms with Gasteiger partial charge in [-0.2, -0.15) is 0 Å². The molecular weight excluding hydrogens is 418 g/mol. The minimum atomic E-state index is -0.0383. The molecule has 0 radical (unpaired) electrons. The van der Waals surface area contributed by atoms with Gasteiger partial charge in [-0.3, -0.25) is 4.79 Å². The molecule has 0 unspecified atom stereocenters. The highest BCUT2D eigenvalue weighted by molar-refractivity contribution is 5.69. The third-order valence-electron chi connectivity index (χ3n) is 6.69. The molecule has 0 aromatic carbocycles. The zero-order valence-electron chi connectivity index (χ0n) is 23.6. The summed E-state index contributed by atoms with van der Waals surface area (Å²) in [7, 11) is 3.98. The predicted molar refractivity (Wildman–Crippen MR) is 151 cm³/mol. The van der Waals surface area contributed by atoms with Gasteiger partial charge in [0.1, 0.15) is 6.61 Å². The van der Waals surface area contributed by atoms with Crippen LogP contribution in [0.25, 0.3) is 0 Å². The van der Waals surface area contributed by atoms with E-state index in [1.807, 2.05) is 19.0 Å². The Bertz CT molecular complexity index is 433. The molecule has 0 saturated carbocycles. The van der Waals surface area contributed by atoms with Gasteiger partial charge in [0, 0.05) is 13.0 Å². The van der Waals surface area contributed by atoms with Crippen molar-refractivity contribution in [3.63, 3.8) is 0 Å². The van der Waals surface area contributed by atoms with E-state index in [2.05, 4.69) is 19.1 Å². The van der Waals surface area contributed by atoms with Crippen molar-refractivity contribution in [3.05, 3.63) is 12.2 Å². The van der Waals surface area contributed by atoms with E-state index >= 15 is 0 Å². The van der Waals surface area contributed by atoms with Crippen molar-refractivity contribution >= 4 is 5.97 Å². The van der Waals surface area contributed by atoms with E-state index in [0.29, 0.717) is 13.0 Å². The van der Waals surface area contributed by atoms with Gasteiger partial charge < -0.3 is 9.64 Å². The standard InChI is InChI=1S/C31H61NO2/c1-4-5-6-7-8-9-10-11-12-13-14-15-16-17-18-19-20-21-22-23-24-25-26-27-28-31(33)34-30-29-32(2)3/h20-21H,4-19,22-30H2,1-3H3. The van der Waals surface area contributed by atoms with Crippen LogP contribution in [0.2, 0.25) is 0 Å². The summed E-state index contributed by atoms with van der Waals surface area (Å²) >= 11 is 0. The van der Waals surface area contributed by atoms with Gasteiger partial charge in [-0.05, 0) is 46.2 Å². The SMILES string of the molecule is CCCCCCCCCCCCCCCCCC=CCCCCCCCC(=O)OCCN(C)C. The molecule has 0 heterocycles. The quantitative estimate of drug-likeness (QED) is 0.0667. The number of likely N-dealkylation sites (N-methyl/N-ethyl adjacent to an activating group) is 1. The second kappa shape index (κ2) is 28.4. The van der Waals surface area contributed by atoms with Crippen LogP contribution in [0.3, 0.4) is 0 Å². The molecule has 3 nitrogen and oxygen atoms in total. The maximum Gasteiger partial charge on any atom is 0.305 e. The first-order valence-corrected chi connectivity index (χ1v) is 15.1. The number of carbonyl (C=O) groups is 1. The number of rotatable bonds is 27. The first-order valence-electron chi connectivity index (χ1n) is 15.1. The molecule has 34 heavy (non-hydrogen) atoms. The monoisotopic (exact) mass is 479 g/mol. The first-order chi connectivity index (χ1) is 16.7. The van der Waals surface area contributed by atoms with Gasteiger partial charge in [0.15, 0.2) is 0 Å². The molecule has 0 aromatic rings. The highest BCUT2D eigenvalue weighted by Gasteiger charge is 2.02. The van der Waals surface area contributed by atoms with E-state index in [1.54, 1.807) is 0 Å². The topological polar surface area (TPSA) is 29.5 Å². The molecule has 0 aliphatic carbocycles. The Morgan fingerprint density at radius 2 is 0.971 bits per heavy atom. The number of unbranched alkanes of at least 4 members (excludes halogenated alkanes) is 20. The van der Waals surface area contributed by atoms with Crippen molar-refractivity contribution in [2.45, 2.75) is 155 Å². The molecule has 0 saturated heterocycles. The van der Waals surface area contributed by atoms with Crippen LogP contribution in [0, 0.1) is 0 Å². The fourth-order valence-corrected chi connectivity index (χ4v) is 4.35. The molecule has 0 bridgehead atoms. The van der Waals surface area contributed by atoms with Crippen molar-refractivity contribution < 1.29 is 9.53 Å². The number of allylic oxidation sites excluding steroid dienone is 2. The fourth-order valence-electron chi connectivity index (χ4n) is 4.35. The van der Waals surface area contributed by atoms with Crippen molar-refractivity contribution in [2.24, 2.45) is 0 Å². The minimum absolute atomic E-state index is 0.0383. The molecular formula is C31H61NO2. The van der Waals surface area contributed by atoms with Crippen molar-refractivity contribution in [1.82, 2.24) is 4.90 Å². The number of nitrogens with zero attached hydrogens (tertiary/aromatic N) is 1. The lowest BCUT2D eigenvalue weighted by Crippen LogP contribution is -2.20. The summed E-state index contributed by atoms with van der Waals surface area (Å²) in [5.74, 6) is -0.0383. The summed E-state index contributed by atoms with van der Waals surface area (Å²) in [4.78, 5) is 13.6. The Labute approximate surface area is 214 Å². The fraction of sp³-hybridized carbons (Fsp3) is 0.903. The number of hydrogen-bond donors (Lipinski definition) is 0. The van der Waals surface area contributed by atoms with Crippen LogP contribution in [0.4, 0.5) is 0 Å². The Morgan fingerprint density at radius 1 is 0.588 bits per heavy atom. The third kappa shape index (κ3) is 29.2. The molecule has 0 amide bonds. The van der Waals surface area contributed by atoms with E-state index in [-0.39, 0.29) is 5.97 Å². The van der Waals surface area contributed by atoms with E-state index in [0.717, 1.165) is 19.4 Å². The molecule has 0 fully saturated rings. The predicted octanol–water partition coefficient (Wildman–Crippen LogP) is 9.64. The normalized spacial score (nSPS) is 11.6. The summed E-state index contributed by atoms with van der Waals surface area (Å²) < 4.78 is 5.22. The second-order valence-electron chi connectivity index (χ2n) is 10.5. The average Bonchev–Trinajstić information content (AvgIpc) is 2.81. The maximum absolute atomic E-state index is 11.6. The zero-order valence-corrected chi connectivity index (χ0v) is 23.6. The van der Waals surface area contributed by atoms with Crippen LogP contribution in [0.15, 0.2) is 12.2 Å². The van der Waals surface area contributed by atoms with Crippen molar-refractivity contribution in [1.29, 1.82) is 0 Å². The Balaban J connectivity index is 3.16. The lowest BCUT2D eigenvalue weighted by atomic mass is 10.0. The summed E-state index contributed by atoms with van der Waals surface area (Å²) in [6.45, 7) is 3.61. The van der Waals surface area contributed by atoms with Crippen LogP contribution < -0.4 is 0 Å². The van der Waals surface area contributed by atoms with Gasteiger partial charge in [0.05, 0.1) is 0 Å². The van der Waals surface area contributed by atoms with E-state index in [4.69, 9.17) is 4.74 Å². The highest BCUT2D eigenvalue weighted by Crippen LogP contribution is 2.14. The summed E-state index contributed by atoms with van der Waals surface area (Å²) in [6, 6.07) is 0. The molecule has 0 atom stereocenters. The van der Waals surface area contributed by atoms with Gasteiger partial charge in [-0.25, -0.2) is 0 Å². The average molecular weight is 480 g/mol. The molecule has 0 aromatic heterocycles. The first kappa shape index (κ1) is 33.2. The highest BCUT2D eigenvalue weighted by atomic mass is 16.5. The lowest BCUT2D eigenvalue weighted by molar-refractivity contribution is -0.144. The summed E-state index contributed by atoms with van der Waals surface area (Å²) in [5.41, 5.74) is 0. The van der Waals surface area contributed by atoms with E-state index in [1.165, 1.54) is 128 Å². The van der Waals surface area contributed by atoms with Gasteiger partial charge in [0.2, 0.25) is 0 Å². The van der Waals surface area contributed by atoms with E-state index in [9.17, 15) is 4.79 Å². The Kier molecular flexibility index (Phi) is 27.7. The van der Waals surface area contributed by atoms with Crippen LogP contribution in [-0.4, -0.2) is 38.1 Å². The summed E-state index contributed by atoms with van der Waals surface area (Å²) in [5, 5.41) is 0. The number of ether oxygens (including phenoxy) is 1. The van der Waals surface area contributed by atoms with Crippen LogP contribution in [0.1, 0.15) is 155 Å². The number of hydrogen-bond acceptors (Lipinski definition) is 3. The van der Waals surface area contributed by atoms with Crippen LogP contribution >= 0.6 is 0 Å². The molecule has 0 rings (SSSR count). The smallest absolute Gasteiger partial charge is 0.305 e. The van der Waals surface area contributed by atoms with Crippen LogP contribution in [0.5, 0.6) is 0 Å². The molecule has 0 aliphatic heterocycles. The molecule has 0 spiro atoms. The van der Waals surface area contributed by atoms with Gasteiger partial charge >= 0.3 is 5.97 Å². The van der Waals surface area contributed by atoms with E-state index < -0.39 is 0 Å². The van der Waals surface area contributed by atoms with Gasteiger partial charge in [0.25, 0.3) is 0 Å². The van der Waals surface area contributed by atoms with Crippen molar-refractivity contribution in [3.8, 4) is 0 Å². The number of carbonyl (C=O) groups excluding carboxylic acids is 1. The Hall–Kier alpha value is -0.830.